The van der Waals surface area contributed by atoms with Crippen LogP contribution in [0.5, 0.6) is 0 Å². The number of hydrogen-bond acceptors (Lipinski definition) is 4. The minimum atomic E-state index is -4.10. The number of aryl methyl sites for hydroxylation is 1. The fourth-order valence-electron chi connectivity index (χ4n) is 2.76. The lowest BCUT2D eigenvalue weighted by atomic mass is 10.1. The van der Waals surface area contributed by atoms with Crippen LogP contribution in [0.15, 0.2) is 72.4 Å². The van der Waals surface area contributed by atoms with Gasteiger partial charge in [-0.2, -0.15) is 0 Å². The Kier molecular flexibility index (Phi) is 6.43. The van der Waals surface area contributed by atoms with Crippen LogP contribution >= 0.6 is 0 Å². The van der Waals surface area contributed by atoms with Gasteiger partial charge in [0.15, 0.2) is 0 Å². The summed E-state index contributed by atoms with van der Waals surface area (Å²) in [7, 11) is -4.10. The van der Waals surface area contributed by atoms with Gasteiger partial charge in [0.2, 0.25) is 10.0 Å². The SMILES string of the molecule is C=CCNS(=O)(=O)c1cc(C(=O)Nc2ccc(Cn3ccnc3C)cc2)ccc1F. The number of rotatable bonds is 8. The molecule has 9 heteroatoms. The lowest BCUT2D eigenvalue weighted by Crippen LogP contribution is -2.25. The molecule has 156 valence electrons. The highest BCUT2D eigenvalue weighted by molar-refractivity contribution is 7.89. The van der Waals surface area contributed by atoms with E-state index in [4.69, 9.17) is 0 Å². The lowest BCUT2D eigenvalue weighted by Gasteiger charge is -2.10. The Morgan fingerprint density at radius 3 is 2.60 bits per heavy atom. The first-order chi connectivity index (χ1) is 14.3. The summed E-state index contributed by atoms with van der Waals surface area (Å²) in [6, 6.07) is 10.4. The largest absolute Gasteiger partial charge is 0.331 e. The molecule has 0 aliphatic heterocycles. The zero-order valence-electron chi connectivity index (χ0n) is 16.3. The molecule has 0 aliphatic rings. The number of sulfonamides is 1. The molecule has 1 aromatic heterocycles. The van der Waals surface area contributed by atoms with Crippen LogP contribution in [0.4, 0.5) is 10.1 Å². The summed E-state index contributed by atoms with van der Waals surface area (Å²) in [5.41, 5.74) is 1.58. The Bertz CT molecular complexity index is 1170. The smallest absolute Gasteiger partial charge is 0.255 e. The molecule has 0 bridgehead atoms. The third-order valence-electron chi connectivity index (χ3n) is 4.39. The second kappa shape index (κ2) is 9.02. The monoisotopic (exact) mass is 428 g/mol. The van der Waals surface area contributed by atoms with Gasteiger partial charge < -0.3 is 9.88 Å². The number of carbonyl (C=O) groups is 1. The molecule has 1 amide bonds. The Balaban J connectivity index is 1.73. The van der Waals surface area contributed by atoms with Crippen molar-refractivity contribution in [1.82, 2.24) is 14.3 Å². The number of imidazole rings is 1. The summed E-state index contributed by atoms with van der Waals surface area (Å²) in [5, 5.41) is 2.69. The Hall–Kier alpha value is -3.30. The van der Waals surface area contributed by atoms with Crippen LogP contribution in [0.1, 0.15) is 21.7 Å². The lowest BCUT2D eigenvalue weighted by molar-refractivity contribution is 0.102. The van der Waals surface area contributed by atoms with Gasteiger partial charge in [-0.1, -0.05) is 18.2 Å². The van der Waals surface area contributed by atoms with Gasteiger partial charge in [-0.25, -0.2) is 22.5 Å². The van der Waals surface area contributed by atoms with Crippen LogP contribution in [-0.2, 0) is 16.6 Å². The highest BCUT2D eigenvalue weighted by Crippen LogP contribution is 2.18. The molecule has 3 rings (SSSR count). The normalized spacial score (nSPS) is 11.3. The fourth-order valence-corrected chi connectivity index (χ4v) is 3.86. The van der Waals surface area contributed by atoms with Crippen LogP contribution in [0, 0.1) is 12.7 Å². The molecule has 2 aromatic carbocycles. The van der Waals surface area contributed by atoms with Crippen molar-refractivity contribution in [3.05, 3.63) is 90.3 Å². The minimum absolute atomic E-state index is 0.0218. The van der Waals surface area contributed by atoms with Crippen LogP contribution in [-0.4, -0.2) is 30.4 Å². The third kappa shape index (κ3) is 5.00. The molecule has 0 atom stereocenters. The van der Waals surface area contributed by atoms with Crippen LogP contribution in [0.2, 0.25) is 0 Å². The van der Waals surface area contributed by atoms with Gasteiger partial charge in [-0.3, -0.25) is 4.79 Å². The zero-order chi connectivity index (χ0) is 21.7. The second-order valence-corrected chi connectivity index (χ2v) is 8.27. The molecule has 0 fully saturated rings. The van der Waals surface area contributed by atoms with E-state index in [1.165, 1.54) is 12.1 Å². The number of carbonyl (C=O) groups excluding carboxylic acids is 1. The van der Waals surface area contributed by atoms with Crippen LogP contribution in [0.25, 0.3) is 0 Å². The van der Waals surface area contributed by atoms with E-state index in [1.807, 2.05) is 29.8 Å². The van der Waals surface area contributed by atoms with Crippen LogP contribution in [0.3, 0.4) is 0 Å². The predicted octanol–water partition coefficient (Wildman–Crippen LogP) is 3.10. The van der Waals surface area contributed by atoms with Crippen molar-refractivity contribution >= 4 is 21.6 Å². The zero-order valence-corrected chi connectivity index (χ0v) is 17.1. The van der Waals surface area contributed by atoms with Gasteiger partial charge >= 0.3 is 0 Å². The van der Waals surface area contributed by atoms with E-state index in [0.29, 0.717) is 12.2 Å². The van der Waals surface area contributed by atoms with Gasteiger partial charge in [0.1, 0.15) is 16.5 Å². The van der Waals surface area contributed by atoms with Crippen molar-refractivity contribution in [2.75, 3.05) is 11.9 Å². The van der Waals surface area contributed by atoms with Gasteiger partial charge in [0.05, 0.1) is 0 Å². The molecule has 3 aromatic rings. The molecule has 0 saturated heterocycles. The van der Waals surface area contributed by atoms with Crippen molar-refractivity contribution in [3.8, 4) is 0 Å². The van der Waals surface area contributed by atoms with Crippen molar-refractivity contribution < 1.29 is 17.6 Å². The summed E-state index contributed by atoms with van der Waals surface area (Å²) >= 11 is 0. The number of hydrogen-bond donors (Lipinski definition) is 2. The summed E-state index contributed by atoms with van der Waals surface area (Å²) in [5.74, 6) is -0.590. The van der Waals surface area contributed by atoms with Gasteiger partial charge in [0, 0.05) is 36.7 Å². The van der Waals surface area contributed by atoms with E-state index in [2.05, 4.69) is 21.6 Å². The molecule has 0 saturated carbocycles. The maximum atomic E-state index is 14.0. The van der Waals surface area contributed by atoms with E-state index in [0.717, 1.165) is 23.5 Å². The number of aromatic nitrogens is 2. The number of nitrogens with one attached hydrogen (secondary N) is 2. The summed E-state index contributed by atoms with van der Waals surface area (Å²) in [6.45, 7) is 5.93. The number of anilines is 1. The predicted molar refractivity (Wildman–Crippen MR) is 112 cm³/mol. The Labute approximate surface area is 174 Å². The standard InChI is InChI=1S/C21H21FN4O3S/c1-3-10-24-30(28,29)20-13-17(6-9-19(20)22)21(27)25-18-7-4-16(5-8-18)14-26-12-11-23-15(26)2/h3-9,11-13,24H,1,10,14H2,2H3,(H,25,27). The maximum Gasteiger partial charge on any atom is 0.255 e. The first kappa shape index (κ1) is 21.4. The van der Waals surface area contributed by atoms with Gasteiger partial charge in [0.25, 0.3) is 5.91 Å². The van der Waals surface area contributed by atoms with Crippen LogP contribution < -0.4 is 10.0 Å². The maximum absolute atomic E-state index is 14.0. The van der Waals surface area contributed by atoms with Gasteiger partial charge in [-0.05, 0) is 42.8 Å². The Morgan fingerprint density at radius 1 is 1.23 bits per heavy atom. The first-order valence-electron chi connectivity index (χ1n) is 9.08. The average molecular weight is 428 g/mol. The first-order valence-corrected chi connectivity index (χ1v) is 10.6. The molecule has 0 unspecified atom stereocenters. The molecule has 0 spiro atoms. The van der Waals surface area contributed by atoms with E-state index in [1.54, 1.807) is 18.3 Å². The van der Waals surface area contributed by atoms with E-state index in [9.17, 15) is 17.6 Å². The fraction of sp³-hybridized carbons (Fsp3) is 0.143. The highest BCUT2D eigenvalue weighted by atomic mass is 32.2. The third-order valence-corrected chi connectivity index (χ3v) is 5.83. The van der Waals surface area contributed by atoms with Gasteiger partial charge in [-0.15, -0.1) is 6.58 Å². The average Bonchev–Trinajstić information content (AvgIpc) is 3.12. The van der Waals surface area contributed by atoms with Crippen molar-refractivity contribution in [2.24, 2.45) is 0 Å². The number of nitrogens with zero attached hydrogens (tertiary/aromatic N) is 2. The molecule has 30 heavy (non-hydrogen) atoms. The Morgan fingerprint density at radius 2 is 1.97 bits per heavy atom. The molecule has 2 N–H and O–H groups in total. The quantitative estimate of drug-likeness (QED) is 0.539. The molecule has 1 heterocycles. The van der Waals surface area contributed by atoms with Crippen molar-refractivity contribution in [1.29, 1.82) is 0 Å². The van der Waals surface area contributed by atoms with E-state index < -0.39 is 26.6 Å². The number of halogens is 1. The molecule has 7 nitrogen and oxygen atoms in total. The minimum Gasteiger partial charge on any atom is -0.331 e. The molecular formula is C21H21FN4O3S. The molecule has 0 radical (unpaired) electrons. The number of benzene rings is 2. The molecular weight excluding hydrogens is 407 g/mol. The summed E-state index contributed by atoms with van der Waals surface area (Å²) in [6.07, 6.45) is 4.95. The molecule has 0 aliphatic carbocycles. The van der Waals surface area contributed by atoms with Crippen molar-refractivity contribution in [3.63, 3.8) is 0 Å². The summed E-state index contributed by atoms with van der Waals surface area (Å²) in [4.78, 5) is 16.1. The van der Waals surface area contributed by atoms with Crippen molar-refractivity contribution in [2.45, 2.75) is 18.4 Å². The summed E-state index contributed by atoms with van der Waals surface area (Å²) < 4.78 is 42.6. The van der Waals surface area contributed by atoms with E-state index in [-0.39, 0.29) is 12.1 Å². The topological polar surface area (TPSA) is 93.1 Å². The highest BCUT2D eigenvalue weighted by Gasteiger charge is 2.20. The number of amides is 1. The van der Waals surface area contributed by atoms with E-state index >= 15 is 0 Å². The second-order valence-electron chi connectivity index (χ2n) is 6.54.